The quantitative estimate of drug-likeness (QED) is 0.764. The van der Waals surface area contributed by atoms with Gasteiger partial charge in [0.2, 0.25) is 11.8 Å². The second kappa shape index (κ2) is 5.98. The van der Waals surface area contributed by atoms with E-state index in [1.165, 1.54) is 0 Å². The molecule has 1 aliphatic heterocycles. The normalized spacial score (nSPS) is 22.2. The van der Waals surface area contributed by atoms with Gasteiger partial charge in [-0.2, -0.15) is 26.3 Å². The summed E-state index contributed by atoms with van der Waals surface area (Å²) in [4.78, 5) is 11.2. The summed E-state index contributed by atoms with van der Waals surface area (Å²) in [5.74, 6) is -6.00. The fourth-order valence-corrected chi connectivity index (χ4v) is 1.91. The lowest BCUT2D eigenvalue weighted by atomic mass is 10.1. The summed E-state index contributed by atoms with van der Waals surface area (Å²) in [7, 11) is 0. The molecule has 1 saturated heterocycles. The van der Waals surface area contributed by atoms with Crippen LogP contribution >= 0.6 is 0 Å². The SMILES string of the molecule is O=C(NC1CCCCNC1)C(C(F)(F)F)C(F)(F)F. The minimum Gasteiger partial charge on any atom is -0.351 e. The predicted molar refractivity (Wildman–Crippen MR) is 54.3 cm³/mol. The fourth-order valence-electron chi connectivity index (χ4n) is 1.91. The van der Waals surface area contributed by atoms with Crippen LogP contribution in [0.4, 0.5) is 26.3 Å². The summed E-state index contributed by atoms with van der Waals surface area (Å²) in [5, 5.41) is 4.67. The van der Waals surface area contributed by atoms with Gasteiger partial charge in [0.15, 0.2) is 0 Å². The maximum atomic E-state index is 12.3. The zero-order valence-corrected chi connectivity index (χ0v) is 9.87. The van der Waals surface area contributed by atoms with E-state index in [0.717, 1.165) is 6.42 Å². The Kier molecular flexibility index (Phi) is 5.05. The summed E-state index contributed by atoms with van der Waals surface area (Å²) >= 11 is 0. The van der Waals surface area contributed by atoms with E-state index in [0.29, 0.717) is 19.4 Å². The molecule has 0 saturated carbocycles. The van der Waals surface area contributed by atoms with E-state index >= 15 is 0 Å². The number of carbonyl (C=O) groups excluding carboxylic acids is 1. The number of hydrogen-bond donors (Lipinski definition) is 2. The monoisotopic (exact) mass is 292 g/mol. The van der Waals surface area contributed by atoms with Crippen LogP contribution in [-0.2, 0) is 4.79 Å². The lowest BCUT2D eigenvalue weighted by molar-refractivity contribution is -0.274. The smallest absolute Gasteiger partial charge is 0.351 e. The van der Waals surface area contributed by atoms with Gasteiger partial charge in [-0.15, -0.1) is 0 Å². The first-order valence-electron chi connectivity index (χ1n) is 5.77. The number of nitrogens with one attached hydrogen (secondary N) is 2. The highest BCUT2D eigenvalue weighted by molar-refractivity contribution is 5.80. The molecule has 1 rings (SSSR count). The van der Waals surface area contributed by atoms with E-state index < -0.39 is 30.2 Å². The molecular weight excluding hydrogens is 278 g/mol. The van der Waals surface area contributed by atoms with Crippen LogP contribution < -0.4 is 10.6 Å². The summed E-state index contributed by atoms with van der Waals surface area (Å²) in [6.45, 7) is 0.808. The molecule has 1 aliphatic rings. The predicted octanol–water partition coefficient (Wildman–Crippen LogP) is 1.99. The third kappa shape index (κ3) is 4.88. The summed E-state index contributed by atoms with van der Waals surface area (Å²) in [6.07, 6.45) is -9.50. The second-order valence-electron chi connectivity index (χ2n) is 4.42. The molecule has 3 nitrogen and oxygen atoms in total. The van der Waals surface area contributed by atoms with Crippen molar-refractivity contribution in [2.45, 2.75) is 37.7 Å². The van der Waals surface area contributed by atoms with Crippen LogP contribution in [0.15, 0.2) is 0 Å². The molecule has 0 aromatic rings. The zero-order chi connectivity index (χ0) is 14.7. The molecule has 0 aromatic carbocycles. The Hall–Kier alpha value is -0.990. The van der Waals surface area contributed by atoms with Gasteiger partial charge < -0.3 is 10.6 Å². The van der Waals surface area contributed by atoms with Crippen molar-refractivity contribution < 1.29 is 31.1 Å². The van der Waals surface area contributed by atoms with E-state index in [1.807, 2.05) is 5.32 Å². The first-order chi connectivity index (χ1) is 8.62. The Morgan fingerprint density at radius 2 is 1.68 bits per heavy atom. The molecule has 19 heavy (non-hydrogen) atoms. The highest BCUT2D eigenvalue weighted by Crippen LogP contribution is 2.39. The number of carbonyl (C=O) groups is 1. The summed E-state index contributed by atoms with van der Waals surface area (Å²) in [6, 6.07) is -0.706. The first-order valence-corrected chi connectivity index (χ1v) is 5.77. The van der Waals surface area contributed by atoms with Crippen molar-refractivity contribution in [3.8, 4) is 0 Å². The number of rotatable bonds is 2. The summed E-state index contributed by atoms with van der Waals surface area (Å²) in [5.41, 5.74) is 0. The van der Waals surface area contributed by atoms with Crippen molar-refractivity contribution in [2.75, 3.05) is 13.1 Å². The van der Waals surface area contributed by atoms with Crippen molar-refractivity contribution in [3.63, 3.8) is 0 Å². The Morgan fingerprint density at radius 1 is 1.11 bits per heavy atom. The Morgan fingerprint density at radius 3 is 2.21 bits per heavy atom. The molecule has 1 atom stereocenters. The van der Waals surface area contributed by atoms with Crippen LogP contribution in [0.1, 0.15) is 19.3 Å². The molecule has 112 valence electrons. The Balaban J connectivity index is 2.72. The second-order valence-corrected chi connectivity index (χ2v) is 4.42. The van der Waals surface area contributed by atoms with E-state index in [9.17, 15) is 31.1 Å². The van der Waals surface area contributed by atoms with Gasteiger partial charge in [0.25, 0.3) is 0 Å². The van der Waals surface area contributed by atoms with Crippen LogP contribution in [0.3, 0.4) is 0 Å². The van der Waals surface area contributed by atoms with Gasteiger partial charge in [-0.3, -0.25) is 4.79 Å². The molecular formula is C10H14F6N2O. The molecule has 0 bridgehead atoms. The molecule has 1 heterocycles. The molecule has 0 radical (unpaired) electrons. The molecule has 0 aliphatic carbocycles. The molecule has 1 unspecified atom stereocenters. The average molecular weight is 292 g/mol. The van der Waals surface area contributed by atoms with Gasteiger partial charge in [0.1, 0.15) is 0 Å². The zero-order valence-electron chi connectivity index (χ0n) is 9.87. The van der Waals surface area contributed by atoms with E-state index in [1.54, 1.807) is 0 Å². The van der Waals surface area contributed by atoms with Gasteiger partial charge in [-0.1, -0.05) is 6.42 Å². The highest BCUT2D eigenvalue weighted by atomic mass is 19.4. The number of hydrogen-bond acceptors (Lipinski definition) is 2. The molecule has 2 N–H and O–H groups in total. The maximum Gasteiger partial charge on any atom is 0.409 e. The van der Waals surface area contributed by atoms with Crippen molar-refractivity contribution in [1.82, 2.24) is 10.6 Å². The van der Waals surface area contributed by atoms with Gasteiger partial charge >= 0.3 is 12.4 Å². The number of amides is 1. The topological polar surface area (TPSA) is 41.1 Å². The van der Waals surface area contributed by atoms with Crippen LogP contribution in [0, 0.1) is 5.92 Å². The maximum absolute atomic E-state index is 12.3. The van der Waals surface area contributed by atoms with E-state index in [4.69, 9.17) is 0 Å². The van der Waals surface area contributed by atoms with E-state index in [2.05, 4.69) is 5.32 Å². The van der Waals surface area contributed by atoms with E-state index in [-0.39, 0.29) is 6.54 Å². The largest absolute Gasteiger partial charge is 0.409 e. The Bertz CT molecular complexity index is 292. The standard InChI is InChI=1S/C10H14F6N2O/c11-9(12,13)7(10(14,15)16)8(19)18-6-3-1-2-4-17-5-6/h6-7,17H,1-5H2,(H,18,19). The van der Waals surface area contributed by atoms with Gasteiger partial charge in [0.05, 0.1) is 0 Å². The molecule has 0 aromatic heterocycles. The van der Waals surface area contributed by atoms with Crippen molar-refractivity contribution >= 4 is 5.91 Å². The molecule has 1 fully saturated rings. The van der Waals surface area contributed by atoms with Gasteiger partial charge in [-0.05, 0) is 19.4 Å². The number of alkyl halides is 6. The van der Waals surface area contributed by atoms with Crippen LogP contribution in [0.25, 0.3) is 0 Å². The minimum absolute atomic E-state index is 0.175. The minimum atomic E-state index is -5.64. The van der Waals surface area contributed by atoms with Crippen molar-refractivity contribution in [2.24, 2.45) is 5.92 Å². The van der Waals surface area contributed by atoms with Crippen LogP contribution in [0.5, 0.6) is 0 Å². The summed E-state index contributed by atoms with van der Waals surface area (Å²) < 4.78 is 73.8. The number of halogens is 6. The third-order valence-electron chi connectivity index (χ3n) is 2.81. The third-order valence-corrected chi connectivity index (χ3v) is 2.81. The molecule has 1 amide bonds. The van der Waals surface area contributed by atoms with Crippen LogP contribution in [-0.4, -0.2) is 37.4 Å². The van der Waals surface area contributed by atoms with Crippen LogP contribution in [0.2, 0.25) is 0 Å². The fraction of sp³-hybridized carbons (Fsp3) is 0.900. The molecule has 0 spiro atoms. The first kappa shape index (κ1) is 16.1. The highest BCUT2D eigenvalue weighted by Gasteiger charge is 2.61. The molecule has 9 heteroatoms. The lowest BCUT2D eigenvalue weighted by Gasteiger charge is -2.25. The Labute approximate surface area is 105 Å². The van der Waals surface area contributed by atoms with Gasteiger partial charge in [-0.25, -0.2) is 0 Å². The lowest BCUT2D eigenvalue weighted by Crippen LogP contribution is -2.52. The van der Waals surface area contributed by atoms with Crippen molar-refractivity contribution in [1.29, 1.82) is 0 Å². The average Bonchev–Trinajstić information content (AvgIpc) is 2.40. The van der Waals surface area contributed by atoms with Crippen molar-refractivity contribution in [3.05, 3.63) is 0 Å². The van der Waals surface area contributed by atoms with Gasteiger partial charge in [0, 0.05) is 12.6 Å².